The van der Waals surface area contributed by atoms with Gasteiger partial charge in [0.2, 0.25) is 11.8 Å². The third kappa shape index (κ3) is 3.34. The lowest BCUT2D eigenvalue weighted by molar-refractivity contribution is -0.141. The van der Waals surface area contributed by atoms with Gasteiger partial charge in [-0.1, -0.05) is 18.3 Å². The summed E-state index contributed by atoms with van der Waals surface area (Å²) in [5.41, 5.74) is 0.922. The van der Waals surface area contributed by atoms with E-state index >= 15 is 0 Å². The zero-order valence-corrected chi connectivity index (χ0v) is 15.7. The van der Waals surface area contributed by atoms with E-state index in [2.05, 4.69) is 4.99 Å². The van der Waals surface area contributed by atoms with E-state index in [1.807, 2.05) is 23.6 Å². The Kier molecular flexibility index (Phi) is 4.69. The van der Waals surface area contributed by atoms with Gasteiger partial charge in [0.15, 0.2) is 16.3 Å². The first-order valence-corrected chi connectivity index (χ1v) is 9.72. The highest BCUT2D eigenvalue weighted by Gasteiger charge is 2.30. The molecular weight excluding hydrogens is 370 g/mol. The van der Waals surface area contributed by atoms with Crippen molar-refractivity contribution in [3.05, 3.63) is 16.9 Å². The van der Waals surface area contributed by atoms with Gasteiger partial charge >= 0.3 is 0 Å². The molecule has 0 spiro atoms. The molecule has 2 aliphatic heterocycles. The molecule has 142 valence electrons. The molecule has 1 aromatic carbocycles. The molecular formula is C18H19N3O5S. The van der Waals surface area contributed by atoms with Crippen LogP contribution in [0.4, 0.5) is 0 Å². The van der Waals surface area contributed by atoms with Crippen LogP contribution in [-0.4, -0.2) is 46.9 Å². The number of aromatic nitrogens is 1. The molecule has 3 heterocycles. The summed E-state index contributed by atoms with van der Waals surface area (Å²) in [4.78, 5) is 41.5. The van der Waals surface area contributed by atoms with E-state index in [0.717, 1.165) is 21.5 Å². The Balaban J connectivity index is 1.72. The maximum absolute atomic E-state index is 12.4. The minimum absolute atomic E-state index is 0.163. The fraction of sp³-hybridized carbons (Fsp3) is 0.444. The fourth-order valence-corrected chi connectivity index (χ4v) is 4.29. The van der Waals surface area contributed by atoms with Crippen LogP contribution >= 0.6 is 11.3 Å². The minimum atomic E-state index is -0.507. The summed E-state index contributed by atoms with van der Waals surface area (Å²) in [7, 11) is 0. The number of hydrogen-bond acceptors (Lipinski definition) is 6. The van der Waals surface area contributed by atoms with Gasteiger partial charge in [0.25, 0.3) is 5.91 Å². The average Bonchev–Trinajstić information content (AvgIpc) is 3.14. The Bertz CT molecular complexity index is 990. The van der Waals surface area contributed by atoms with E-state index in [4.69, 9.17) is 9.47 Å². The van der Waals surface area contributed by atoms with Gasteiger partial charge in [-0.05, 0) is 6.42 Å². The van der Waals surface area contributed by atoms with Crippen molar-refractivity contribution in [3.63, 3.8) is 0 Å². The molecule has 4 rings (SSSR count). The van der Waals surface area contributed by atoms with Gasteiger partial charge in [0.05, 0.1) is 10.2 Å². The number of likely N-dealkylation sites (tertiary alicyclic amines) is 1. The molecule has 0 atom stereocenters. The Morgan fingerprint density at radius 3 is 2.48 bits per heavy atom. The average molecular weight is 389 g/mol. The first kappa shape index (κ1) is 17.7. The topological polar surface area (TPSA) is 90.2 Å². The molecule has 0 radical (unpaired) electrons. The van der Waals surface area contributed by atoms with Crippen LogP contribution in [0.2, 0.25) is 0 Å². The number of benzene rings is 1. The summed E-state index contributed by atoms with van der Waals surface area (Å²) in [5, 5.41) is 0. The van der Waals surface area contributed by atoms with Gasteiger partial charge in [0, 0.05) is 31.5 Å². The molecule has 0 saturated carbocycles. The van der Waals surface area contributed by atoms with E-state index in [0.29, 0.717) is 36.1 Å². The van der Waals surface area contributed by atoms with Crippen molar-refractivity contribution in [1.82, 2.24) is 9.47 Å². The molecule has 2 aliphatic rings. The molecule has 9 heteroatoms. The number of amides is 3. The lowest BCUT2D eigenvalue weighted by atomic mass is 10.2. The van der Waals surface area contributed by atoms with Crippen molar-refractivity contribution in [3.8, 4) is 11.5 Å². The highest BCUT2D eigenvalue weighted by Crippen LogP contribution is 2.35. The second-order valence-electron chi connectivity index (χ2n) is 6.38. The van der Waals surface area contributed by atoms with Crippen LogP contribution < -0.4 is 14.3 Å². The van der Waals surface area contributed by atoms with Crippen molar-refractivity contribution < 1.29 is 23.9 Å². The minimum Gasteiger partial charge on any atom is -0.486 e. The number of rotatable bonds is 4. The van der Waals surface area contributed by atoms with Crippen LogP contribution in [0, 0.1) is 0 Å². The third-order valence-corrected chi connectivity index (χ3v) is 5.50. The molecule has 1 aromatic heterocycles. The van der Waals surface area contributed by atoms with Crippen molar-refractivity contribution in [2.45, 2.75) is 32.7 Å². The first-order chi connectivity index (χ1) is 13.1. The van der Waals surface area contributed by atoms with Crippen LogP contribution in [0.5, 0.6) is 11.5 Å². The van der Waals surface area contributed by atoms with E-state index in [1.54, 1.807) is 0 Å². The standard InChI is InChI=1S/C18H19N3O5S/c1-2-5-20-11-8-12-13(26-7-6-25-12)9-14(11)27-18(20)19-15(22)10-21-16(23)3-4-17(21)24/h8-9H,2-7,10H2,1H3. The molecule has 27 heavy (non-hydrogen) atoms. The molecule has 0 bridgehead atoms. The Hall–Kier alpha value is -2.68. The first-order valence-electron chi connectivity index (χ1n) is 8.90. The Labute approximate surface area is 159 Å². The summed E-state index contributed by atoms with van der Waals surface area (Å²) in [6.07, 6.45) is 1.19. The maximum Gasteiger partial charge on any atom is 0.268 e. The summed E-state index contributed by atoms with van der Waals surface area (Å²) in [5.74, 6) is 0.228. The van der Waals surface area contributed by atoms with Crippen molar-refractivity contribution >= 4 is 39.3 Å². The summed E-state index contributed by atoms with van der Waals surface area (Å²) in [6.45, 7) is 3.44. The number of hydrogen-bond donors (Lipinski definition) is 0. The number of carbonyl (C=O) groups excluding carboxylic acids is 3. The van der Waals surface area contributed by atoms with Gasteiger partial charge in [-0.3, -0.25) is 19.3 Å². The van der Waals surface area contributed by atoms with Crippen LogP contribution in [0.25, 0.3) is 10.2 Å². The van der Waals surface area contributed by atoms with Crippen LogP contribution in [0.1, 0.15) is 26.2 Å². The number of imide groups is 1. The number of thiazole rings is 1. The van der Waals surface area contributed by atoms with Crippen LogP contribution in [0.3, 0.4) is 0 Å². The molecule has 0 N–H and O–H groups in total. The van der Waals surface area contributed by atoms with Crippen molar-refractivity contribution in [2.24, 2.45) is 4.99 Å². The molecule has 0 aliphatic carbocycles. The molecule has 3 amide bonds. The number of carbonyl (C=O) groups is 3. The van der Waals surface area contributed by atoms with Gasteiger partial charge in [0.1, 0.15) is 19.8 Å². The molecule has 1 saturated heterocycles. The summed E-state index contributed by atoms with van der Waals surface area (Å²) < 4.78 is 14.2. The predicted molar refractivity (Wildman–Crippen MR) is 97.6 cm³/mol. The van der Waals surface area contributed by atoms with Gasteiger partial charge in [-0.25, -0.2) is 0 Å². The number of fused-ring (bicyclic) bond motifs is 2. The largest absolute Gasteiger partial charge is 0.486 e. The molecule has 1 fully saturated rings. The fourth-order valence-electron chi connectivity index (χ4n) is 3.21. The normalized spacial score (nSPS) is 17.2. The maximum atomic E-state index is 12.4. The van der Waals surface area contributed by atoms with Crippen molar-refractivity contribution in [1.29, 1.82) is 0 Å². The summed E-state index contributed by atoms with van der Waals surface area (Å²) >= 11 is 1.38. The number of ether oxygens (including phenoxy) is 2. The molecule has 0 unspecified atom stereocenters. The smallest absolute Gasteiger partial charge is 0.268 e. The second-order valence-corrected chi connectivity index (χ2v) is 7.39. The third-order valence-electron chi connectivity index (χ3n) is 4.46. The monoisotopic (exact) mass is 389 g/mol. The van der Waals surface area contributed by atoms with Crippen LogP contribution in [-0.2, 0) is 20.9 Å². The predicted octanol–water partition coefficient (Wildman–Crippen LogP) is 1.46. The molecule has 8 nitrogen and oxygen atoms in total. The SMILES string of the molecule is CCCn1c(=NC(=O)CN2C(=O)CCC2=O)sc2cc3c(cc21)OCCO3. The highest BCUT2D eigenvalue weighted by molar-refractivity contribution is 7.16. The number of aryl methyl sites for hydroxylation is 1. The van der Waals surface area contributed by atoms with Crippen molar-refractivity contribution in [2.75, 3.05) is 19.8 Å². The lowest BCUT2D eigenvalue weighted by Gasteiger charge is -2.18. The van der Waals surface area contributed by atoms with Gasteiger partial charge < -0.3 is 14.0 Å². The lowest BCUT2D eigenvalue weighted by Crippen LogP contribution is -2.34. The van der Waals surface area contributed by atoms with E-state index in [1.165, 1.54) is 11.3 Å². The Morgan fingerprint density at radius 1 is 1.15 bits per heavy atom. The second kappa shape index (κ2) is 7.15. The quantitative estimate of drug-likeness (QED) is 0.739. The van der Waals surface area contributed by atoms with E-state index in [9.17, 15) is 14.4 Å². The zero-order chi connectivity index (χ0) is 19.0. The van der Waals surface area contributed by atoms with Gasteiger partial charge in [-0.15, -0.1) is 0 Å². The highest BCUT2D eigenvalue weighted by atomic mass is 32.1. The summed E-state index contributed by atoms with van der Waals surface area (Å²) in [6, 6.07) is 3.81. The van der Waals surface area contributed by atoms with Gasteiger partial charge in [-0.2, -0.15) is 4.99 Å². The number of nitrogens with zero attached hydrogens (tertiary/aromatic N) is 3. The van der Waals surface area contributed by atoms with Crippen LogP contribution in [0.15, 0.2) is 17.1 Å². The van der Waals surface area contributed by atoms with E-state index < -0.39 is 5.91 Å². The molecule has 2 aromatic rings. The zero-order valence-electron chi connectivity index (χ0n) is 14.9. The Morgan fingerprint density at radius 2 is 1.81 bits per heavy atom. The van der Waals surface area contributed by atoms with E-state index in [-0.39, 0.29) is 31.2 Å².